The van der Waals surface area contributed by atoms with E-state index < -0.39 is 23.1 Å². The zero-order valence-electron chi connectivity index (χ0n) is 5.71. The first-order valence-electron chi connectivity index (χ1n) is 2.91. The van der Waals surface area contributed by atoms with Crippen LogP contribution < -0.4 is 0 Å². The summed E-state index contributed by atoms with van der Waals surface area (Å²) in [5.74, 6) is -2.43. The van der Waals surface area contributed by atoms with Crippen molar-refractivity contribution in [2.24, 2.45) is 4.99 Å². The molecular formula is C7H3F2NOS. The monoisotopic (exact) mass is 187 g/mol. The number of nitrogens with zero attached hydrogens (tertiary/aromatic N) is 1. The summed E-state index contributed by atoms with van der Waals surface area (Å²) in [6.07, 6.45) is 0. The highest BCUT2D eigenvalue weighted by Crippen LogP contribution is 2.25. The van der Waals surface area contributed by atoms with Crippen LogP contribution in [-0.2, 0) is 0 Å². The van der Waals surface area contributed by atoms with E-state index in [2.05, 4.69) is 17.2 Å². The van der Waals surface area contributed by atoms with Crippen LogP contribution in [0.4, 0.5) is 14.5 Å². The third-order valence-corrected chi connectivity index (χ3v) is 1.25. The van der Waals surface area contributed by atoms with Crippen molar-refractivity contribution in [2.45, 2.75) is 0 Å². The second-order valence-corrected chi connectivity index (χ2v) is 2.14. The number of benzene rings is 1. The summed E-state index contributed by atoms with van der Waals surface area (Å²) in [6.45, 7) is 0. The minimum Gasteiger partial charge on any atom is -0.508 e. The predicted molar refractivity (Wildman–Crippen MR) is 42.7 cm³/mol. The summed E-state index contributed by atoms with van der Waals surface area (Å²) in [5, 5.41) is 10.6. The van der Waals surface area contributed by atoms with Crippen LogP contribution in [0, 0.1) is 11.6 Å². The number of isothiocyanates is 1. The van der Waals surface area contributed by atoms with Gasteiger partial charge in [-0.2, -0.15) is 4.99 Å². The number of phenols is 1. The molecule has 0 aromatic heterocycles. The molecule has 0 fully saturated rings. The van der Waals surface area contributed by atoms with E-state index in [-0.39, 0.29) is 0 Å². The van der Waals surface area contributed by atoms with Crippen LogP contribution in [-0.4, -0.2) is 10.3 Å². The molecule has 0 amide bonds. The number of halogens is 2. The molecule has 1 aromatic rings. The van der Waals surface area contributed by atoms with Crippen molar-refractivity contribution in [1.29, 1.82) is 0 Å². The van der Waals surface area contributed by atoms with Crippen LogP contribution in [0.2, 0.25) is 0 Å². The molecular weight excluding hydrogens is 184 g/mol. The first-order chi connectivity index (χ1) is 5.65. The lowest BCUT2D eigenvalue weighted by molar-refractivity contribution is 0.461. The van der Waals surface area contributed by atoms with E-state index in [0.29, 0.717) is 0 Å². The molecule has 0 spiro atoms. The highest BCUT2D eigenvalue weighted by atomic mass is 32.1. The second kappa shape index (κ2) is 3.38. The van der Waals surface area contributed by atoms with E-state index in [1.54, 1.807) is 0 Å². The van der Waals surface area contributed by atoms with E-state index in [1.165, 1.54) is 0 Å². The molecule has 1 N–H and O–H groups in total. The molecule has 0 aliphatic carbocycles. The molecule has 1 aromatic carbocycles. The smallest absolute Gasteiger partial charge is 0.156 e. The van der Waals surface area contributed by atoms with Crippen molar-refractivity contribution in [3.05, 3.63) is 23.8 Å². The highest BCUT2D eigenvalue weighted by molar-refractivity contribution is 7.78. The topological polar surface area (TPSA) is 32.6 Å². The third kappa shape index (κ3) is 1.64. The third-order valence-electron chi connectivity index (χ3n) is 1.16. The Hall–Kier alpha value is -1.32. The maximum Gasteiger partial charge on any atom is 0.156 e. The van der Waals surface area contributed by atoms with Gasteiger partial charge in [0.15, 0.2) is 11.6 Å². The van der Waals surface area contributed by atoms with Gasteiger partial charge in [0.2, 0.25) is 0 Å². The van der Waals surface area contributed by atoms with Crippen LogP contribution in [0.1, 0.15) is 0 Å². The second-order valence-electron chi connectivity index (χ2n) is 1.96. The normalized spacial score (nSPS) is 9.17. The average Bonchev–Trinajstić information content (AvgIpc) is 1.96. The Morgan fingerprint density at radius 1 is 1.33 bits per heavy atom. The minimum atomic E-state index is -0.968. The summed E-state index contributed by atoms with van der Waals surface area (Å²) in [7, 11) is 0. The molecule has 0 unspecified atom stereocenters. The number of thiocarbonyl (C=S) groups is 1. The summed E-state index contributed by atoms with van der Waals surface area (Å²) in [6, 6.07) is 1.49. The summed E-state index contributed by atoms with van der Waals surface area (Å²) >= 11 is 4.17. The maximum absolute atomic E-state index is 12.7. The molecule has 0 saturated heterocycles. The maximum atomic E-state index is 12.7. The van der Waals surface area contributed by atoms with Crippen molar-refractivity contribution in [2.75, 3.05) is 0 Å². The summed E-state index contributed by atoms with van der Waals surface area (Å²) in [5.41, 5.74) is -0.539. The Kier molecular flexibility index (Phi) is 2.47. The van der Waals surface area contributed by atoms with E-state index >= 15 is 0 Å². The Balaban J connectivity index is 3.37. The average molecular weight is 187 g/mol. The van der Waals surface area contributed by atoms with Gasteiger partial charge >= 0.3 is 0 Å². The zero-order valence-corrected chi connectivity index (χ0v) is 6.53. The lowest BCUT2D eigenvalue weighted by Gasteiger charge is -1.97. The van der Waals surface area contributed by atoms with Crippen molar-refractivity contribution in [1.82, 2.24) is 0 Å². The van der Waals surface area contributed by atoms with E-state index in [4.69, 9.17) is 5.11 Å². The van der Waals surface area contributed by atoms with Crippen LogP contribution in [0.5, 0.6) is 5.75 Å². The van der Waals surface area contributed by atoms with Gasteiger partial charge < -0.3 is 5.11 Å². The van der Waals surface area contributed by atoms with Gasteiger partial charge in [0.25, 0.3) is 0 Å². The fraction of sp³-hybridized carbons (Fsp3) is 0. The summed E-state index contributed by atoms with van der Waals surface area (Å²) in [4.78, 5) is 3.15. The molecule has 12 heavy (non-hydrogen) atoms. The van der Waals surface area contributed by atoms with Crippen molar-refractivity contribution in [3.8, 4) is 5.75 Å². The van der Waals surface area contributed by atoms with Gasteiger partial charge in [0.1, 0.15) is 11.4 Å². The molecule has 0 aliphatic heterocycles. The standard InChI is InChI=1S/C7H3F2NOS/c8-5-1-4(11)2-6(9)7(5)10-3-12/h1-2,11H. The van der Waals surface area contributed by atoms with Gasteiger partial charge in [0.05, 0.1) is 5.16 Å². The van der Waals surface area contributed by atoms with E-state index in [9.17, 15) is 8.78 Å². The van der Waals surface area contributed by atoms with Crippen LogP contribution in [0.25, 0.3) is 0 Å². The van der Waals surface area contributed by atoms with Gasteiger partial charge in [-0.15, -0.1) is 0 Å². The molecule has 0 atom stereocenters. The Morgan fingerprint density at radius 2 is 1.83 bits per heavy atom. The fourth-order valence-electron chi connectivity index (χ4n) is 0.705. The van der Waals surface area contributed by atoms with Crippen molar-refractivity contribution < 1.29 is 13.9 Å². The molecule has 0 radical (unpaired) electrons. The number of hydrogen-bond donors (Lipinski definition) is 1. The van der Waals surface area contributed by atoms with E-state index in [1.807, 2.05) is 5.16 Å². The van der Waals surface area contributed by atoms with Gasteiger partial charge in [-0.1, -0.05) is 0 Å². The van der Waals surface area contributed by atoms with Gasteiger partial charge in [-0.05, 0) is 12.2 Å². The van der Waals surface area contributed by atoms with E-state index in [0.717, 1.165) is 12.1 Å². The number of aromatic hydroxyl groups is 1. The molecule has 0 aliphatic rings. The summed E-state index contributed by atoms with van der Waals surface area (Å²) < 4.78 is 25.4. The highest BCUT2D eigenvalue weighted by Gasteiger charge is 2.08. The van der Waals surface area contributed by atoms with Gasteiger partial charge in [-0.25, -0.2) is 8.78 Å². The molecule has 1 rings (SSSR count). The predicted octanol–water partition coefficient (Wildman–Crippen LogP) is 2.40. The molecule has 5 heteroatoms. The fourth-order valence-corrected chi connectivity index (χ4v) is 0.796. The molecule has 2 nitrogen and oxygen atoms in total. The number of rotatable bonds is 1. The number of hydrogen-bond acceptors (Lipinski definition) is 3. The zero-order chi connectivity index (χ0) is 9.14. The molecule has 0 saturated carbocycles. The Labute approximate surface area is 72.2 Å². The lowest BCUT2D eigenvalue weighted by Crippen LogP contribution is -1.81. The van der Waals surface area contributed by atoms with Crippen molar-refractivity contribution >= 4 is 23.1 Å². The van der Waals surface area contributed by atoms with Gasteiger partial charge in [0, 0.05) is 12.1 Å². The van der Waals surface area contributed by atoms with Crippen LogP contribution in [0.3, 0.4) is 0 Å². The Morgan fingerprint density at radius 3 is 2.25 bits per heavy atom. The molecule has 0 heterocycles. The molecule has 62 valence electrons. The SMILES string of the molecule is Oc1cc(F)c(N=C=S)c(F)c1. The van der Waals surface area contributed by atoms with Crippen LogP contribution in [0.15, 0.2) is 17.1 Å². The van der Waals surface area contributed by atoms with Gasteiger partial charge in [-0.3, -0.25) is 0 Å². The largest absolute Gasteiger partial charge is 0.508 e. The molecule has 0 bridgehead atoms. The number of aliphatic imine (C=N–C) groups is 1. The minimum absolute atomic E-state index is 0.492. The quantitative estimate of drug-likeness (QED) is 0.540. The Bertz CT molecular complexity index is 337. The first-order valence-corrected chi connectivity index (χ1v) is 3.32. The van der Waals surface area contributed by atoms with Crippen molar-refractivity contribution in [3.63, 3.8) is 0 Å². The first kappa shape index (κ1) is 8.77. The number of phenolic OH excluding ortho intramolecular Hbond substituents is 1. The van der Waals surface area contributed by atoms with Crippen LogP contribution >= 0.6 is 12.2 Å². The lowest BCUT2D eigenvalue weighted by atomic mass is 10.3.